The quantitative estimate of drug-likeness (QED) is 0.828. The molecule has 2 aromatic carbocycles. The number of nitrogen functional groups attached to an aromatic ring is 1. The summed E-state index contributed by atoms with van der Waals surface area (Å²) in [6.45, 7) is 0. The largest absolute Gasteiger partial charge is 0.396 e. The van der Waals surface area contributed by atoms with E-state index in [1.54, 1.807) is 0 Å². The fourth-order valence-corrected chi connectivity index (χ4v) is 3.31. The molecule has 0 aliphatic carbocycles. The van der Waals surface area contributed by atoms with Crippen molar-refractivity contribution in [3.05, 3.63) is 52.0 Å². The molecular formula is C12H8Cl2F2N2O2S. The molecule has 21 heavy (non-hydrogen) atoms. The van der Waals surface area contributed by atoms with Crippen molar-refractivity contribution in [3.8, 4) is 0 Å². The minimum atomic E-state index is -4.15. The van der Waals surface area contributed by atoms with E-state index in [1.165, 1.54) is 6.07 Å². The van der Waals surface area contributed by atoms with Crippen molar-refractivity contribution in [3.63, 3.8) is 0 Å². The standard InChI is InChI=1S/C12H8Cl2F2N2O2S/c13-6-1-7(14)3-8(2-6)21(19,20)18-12-5-11(17)9(15)4-10(12)16/h1-5,18H,17H2. The lowest BCUT2D eigenvalue weighted by molar-refractivity contribution is 0.585. The summed E-state index contributed by atoms with van der Waals surface area (Å²) in [5.74, 6) is -2.08. The first-order valence-corrected chi connectivity index (χ1v) is 7.66. The van der Waals surface area contributed by atoms with Crippen LogP contribution < -0.4 is 10.5 Å². The molecule has 0 unspecified atom stereocenters. The van der Waals surface area contributed by atoms with Crippen molar-refractivity contribution < 1.29 is 17.2 Å². The Hall–Kier alpha value is -1.57. The molecule has 0 aliphatic heterocycles. The van der Waals surface area contributed by atoms with Crippen LogP contribution in [0.3, 0.4) is 0 Å². The van der Waals surface area contributed by atoms with Gasteiger partial charge in [-0.3, -0.25) is 4.72 Å². The van der Waals surface area contributed by atoms with E-state index in [-0.39, 0.29) is 14.9 Å². The Balaban J connectivity index is 2.44. The van der Waals surface area contributed by atoms with Gasteiger partial charge >= 0.3 is 0 Å². The van der Waals surface area contributed by atoms with E-state index in [1.807, 2.05) is 4.72 Å². The fourth-order valence-electron chi connectivity index (χ4n) is 1.53. The molecule has 0 atom stereocenters. The molecule has 0 saturated heterocycles. The molecule has 2 rings (SSSR count). The zero-order chi connectivity index (χ0) is 15.8. The smallest absolute Gasteiger partial charge is 0.262 e. The average molecular weight is 353 g/mol. The van der Waals surface area contributed by atoms with Gasteiger partial charge in [-0.15, -0.1) is 0 Å². The highest BCUT2D eigenvalue weighted by Gasteiger charge is 2.19. The molecule has 0 heterocycles. The summed E-state index contributed by atoms with van der Waals surface area (Å²) in [5.41, 5.74) is 4.40. The Morgan fingerprint density at radius 1 is 0.952 bits per heavy atom. The van der Waals surface area contributed by atoms with Crippen LogP contribution in [0.4, 0.5) is 20.2 Å². The Morgan fingerprint density at radius 2 is 1.52 bits per heavy atom. The van der Waals surface area contributed by atoms with Crippen LogP contribution in [0.25, 0.3) is 0 Å². The highest BCUT2D eigenvalue weighted by Crippen LogP contribution is 2.26. The van der Waals surface area contributed by atoms with Crippen molar-refractivity contribution in [1.82, 2.24) is 0 Å². The van der Waals surface area contributed by atoms with Crippen molar-refractivity contribution in [1.29, 1.82) is 0 Å². The number of sulfonamides is 1. The maximum atomic E-state index is 13.6. The zero-order valence-electron chi connectivity index (χ0n) is 10.2. The summed E-state index contributed by atoms with van der Waals surface area (Å²) in [5, 5.41) is 0.198. The molecule has 0 aliphatic rings. The normalized spacial score (nSPS) is 11.4. The molecule has 112 valence electrons. The van der Waals surface area contributed by atoms with Gasteiger partial charge in [0.05, 0.1) is 16.3 Å². The van der Waals surface area contributed by atoms with E-state index < -0.39 is 33.0 Å². The summed E-state index contributed by atoms with van der Waals surface area (Å²) < 4.78 is 52.8. The van der Waals surface area contributed by atoms with Crippen LogP contribution in [0, 0.1) is 11.6 Å². The number of hydrogen-bond acceptors (Lipinski definition) is 3. The van der Waals surface area contributed by atoms with E-state index >= 15 is 0 Å². The number of hydrogen-bond donors (Lipinski definition) is 2. The highest BCUT2D eigenvalue weighted by molar-refractivity contribution is 7.92. The van der Waals surface area contributed by atoms with Crippen LogP contribution >= 0.6 is 23.2 Å². The maximum absolute atomic E-state index is 13.6. The summed E-state index contributed by atoms with van der Waals surface area (Å²) >= 11 is 11.4. The van der Waals surface area contributed by atoms with E-state index in [9.17, 15) is 17.2 Å². The molecule has 0 fully saturated rings. The third-order valence-electron chi connectivity index (χ3n) is 2.48. The average Bonchev–Trinajstić information content (AvgIpc) is 2.34. The lowest BCUT2D eigenvalue weighted by Gasteiger charge is -2.10. The molecule has 3 N–H and O–H groups in total. The van der Waals surface area contributed by atoms with Crippen LogP contribution in [0.1, 0.15) is 0 Å². The second kappa shape index (κ2) is 5.67. The van der Waals surface area contributed by atoms with Gasteiger partial charge < -0.3 is 5.73 Å². The van der Waals surface area contributed by atoms with Gasteiger partial charge in [-0.2, -0.15) is 0 Å². The first-order valence-electron chi connectivity index (χ1n) is 5.42. The van der Waals surface area contributed by atoms with Crippen LogP contribution in [0.5, 0.6) is 0 Å². The topological polar surface area (TPSA) is 72.2 Å². The van der Waals surface area contributed by atoms with Crippen molar-refractivity contribution in [2.24, 2.45) is 0 Å². The first-order chi connectivity index (χ1) is 9.69. The predicted octanol–water partition coefficient (Wildman–Crippen LogP) is 3.65. The van der Waals surface area contributed by atoms with Gasteiger partial charge in [0.2, 0.25) is 0 Å². The third-order valence-corrected chi connectivity index (χ3v) is 4.26. The molecule has 0 amide bonds. The maximum Gasteiger partial charge on any atom is 0.262 e. The van der Waals surface area contributed by atoms with Crippen molar-refractivity contribution >= 4 is 44.6 Å². The number of anilines is 2. The summed E-state index contributed by atoms with van der Waals surface area (Å²) in [7, 11) is -4.15. The molecule has 9 heteroatoms. The van der Waals surface area contributed by atoms with E-state index in [0.29, 0.717) is 6.07 Å². The Morgan fingerprint density at radius 3 is 2.10 bits per heavy atom. The van der Waals surface area contributed by atoms with Gasteiger partial charge in [-0.1, -0.05) is 23.2 Å². The second-order valence-corrected chi connectivity index (χ2v) is 6.62. The Kier molecular flexibility index (Phi) is 4.27. The van der Waals surface area contributed by atoms with Crippen molar-refractivity contribution in [2.75, 3.05) is 10.5 Å². The predicted molar refractivity (Wildman–Crippen MR) is 78.0 cm³/mol. The van der Waals surface area contributed by atoms with Gasteiger partial charge in [0.25, 0.3) is 10.0 Å². The number of halogens is 4. The monoisotopic (exact) mass is 352 g/mol. The van der Waals surface area contributed by atoms with E-state index in [4.69, 9.17) is 28.9 Å². The van der Waals surface area contributed by atoms with E-state index in [0.717, 1.165) is 18.2 Å². The van der Waals surface area contributed by atoms with Gasteiger partial charge in [-0.05, 0) is 24.3 Å². The second-order valence-electron chi connectivity index (χ2n) is 4.06. The van der Waals surface area contributed by atoms with E-state index in [2.05, 4.69) is 0 Å². The fraction of sp³-hybridized carbons (Fsp3) is 0. The SMILES string of the molecule is Nc1cc(NS(=O)(=O)c2cc(Cl)cc(Cl)c2)c(F)cc1F. The number of nitrogens with one attached hydrogen (secondary N) is 1. The minimum absolute atomic E-state index is 0.0990. The number of nitrogens with two attached hydrogens (primary N) is 1. The molecule has 2 aromatic rings. The number of rotatable bonds is 3. The van der Waals surface area contributed by atoms with Gasteiger partial charge in [0.1, 0.15) is 11.6 Å². The third kappa shape index (κ3) is 3.55. The number of benzene rings is 2. The zero-order valence-corrected chi connectivity index (χ0v) is 12.5. The molecule has 4 nitrogen and oxygen atoms in total. The highest BCUT2D eigenvalue weighted by atomic mass is 35.5. The van der Waals surface area contributed by atoms with Crippen LogP contribution in [-0.4, -0.2) is 8.42 Å². The summed E-state index contributed by atoms with van der Waals surface area (Å²) in [6.07, 6.45) is 0. The van der Waals surface area contributed by atoms with Crippen molar-refractivity contribution in [2.45, 2.75) is 4.90 Å². The Bertz CT molecular complexity index is 793. The lowest BCUT2D eigenvalue weighted by atomic mass is 10.2. The molecule has 0 saturated carbocycles. The molecule has 0 spiro atoms. The minimum Gasteiger partial charge on any atom is -0.396 e. The molecular weight excluding hydrogens is 345 g/mol. The molecule has 0 radical (unpaired) electrons. The molecule has 0 bridgehead atoms. The van der Waals surface area contributed by atoms with Crippen LogP contribution in [0.15, 0.2) is 35.2 Å². The first kappa shape index (κ1) is 15.8. The molecule has 0 aromatic heterocycles. The summed E-state index contributed by atoms with van der Waals surface area (Å²) in [6, 6.07) is 4.95. The Labute approximate surface area is 129 Å². The van der Waals surface area contributed by atoms with Gasteiger partial charge in [-0.25, -0.2) is 17.2 Å². The van der Waals surface area contributed by atoms with Crippen LogP contribution in [-0.2, 0) is 10.0 Å². The lowest BCUT2D eigenvalue weighted by Crippen LogP contribution is -2.14. The summed E-state index contributed by atoms with van der Waals surface area (Å²) in [4.78, 5) is -0.262. The van der Waals surface area contributed by atoms with Crippen LogP contribution in [0.2, 0.25) is 10.0 Å². The van der Waals surface area contributed by atoms with Gasteiger partial charge in [0, 0.05) is 16.1 Å². The van der Waals surface area contributed by atoms with Gasteiger partial charge in [0.15, 0.2) is 0 Å².